The monoisotopic (exact) mass is 495 g/mol. The van der Waals surface area contributed by atoms with Crippen molar-refractivity contribution in [3.05, 3.63) is 84.4 Å². The Bertz CT molecular complexity index is 1570. The van der Waals surface area contributed by atoms with Gasteiger partial charge in [0.15, 0.2) is 5.82 Å². The Labute approximate surface area is 213 Å². The van der Waals surface area contributed by atoms with Gasteiger partial charge in [-0.1, -0.05) is 71.9 Å². The summed E-state index contributed by atoms with van der Waals surface area (Å²) in [6.45, 7) is 2.05. The van der Waals surface area contributed by atoms with Crippen LogP contribution in [0.3, 0.4) is 0 Å². The van der Waals surface area contributed by atoms with Gasteiger partial charge in [0.2, 0.25) is 5.91 Å². The quantitative estimate of drug-likeness (QED) is 0.158. The minimum atomic E-state index is -0.170. The van der Waals surface area contributed by atoms with Gasteiger partial charge in [-0.2, -0.15) is 0 Å². The number of hydrogen-bond acceptors (Lipinski definition) is 6. The van der Waals surface area contributed by atoms with E-state index in [1.54, 1.807) is 32.4 Å². The van der Waals surface area contributed by atoms with E-state index in [9.17, 15) is 4.79 Å². The highest BCUT2D eigenvalue weighted by molar-refractivity contribution is 8.00. The first-order valence-electron chi connectivity index (χ1n) is 11.5. The van der Waals surface area contributed by atoms with Crippen LogP contribution >= 0.6 is 11.8 Å². The summed E-state index contributed by atoms with van der Waals surface area (Å²) in [4.78, 5) is 22.7. The number of fused-ring (bicyclic) bond motifs is 3. The molecule has 5 aromatic rings. The van der Waals surface area contributed by atoms with Crippen LogP contribution in [0.1, 0.15) is 5.56 Å². The highest BCUT2D eigenvalue weighted by atomic mass is 32.2. The molecule has 7 heteroatoms. The molecule has 1 heterocycles. The lowest BCUT2D eigenvalue weighted by atomic mass is 10.1. The molecular weight excluding hydrogens is 470 g/mol. The largest absolute Gasteiger partial charge is 0.497 e. The molecule has 0 saturated heterocycles. The summed E-state index contributed by atoms with van der Waals surface area (Å²) in [5.41, 5.74) is 3.53. The molecule has 180 valence electrons. The van der Waals surface area contributed by atoms with Crippen molar-refractivity contribution in [1.29, 1.82) is 0 Å². The predicted octanol–water partition coefficient (Wildman–Crippen LogP) is 6.51. The van der Waals surface area contributed by atoms with Gasteiger partial charge in [0.05, 0.1) is 31.2 Å². The second-order valence-corrected chi connectivity index (χ2v) is 9.27. The number of anilines is 1. The average molecular weight is 496 g/mol. The molecule has 1 N–H and O–H groups in total. The molecule has 5 rings (SSSR count). The van der Waals surface area contributed by atoms with Crippen molar-refractivity contribution in [2.24, 2.45) is 0 Å². The molecule has 0 unspecified atom stereocenters. The predicted molar refractivity (Wildman–Crippen MR) is 146 cm³/mol. The van der Waals surface area contributed by atoms with Crippen molar-refractivity contribution in [3.63, 3.8) is 0 Å². The van der Waals surface area contributed by atoms with E-state index in [0.717, 1.165) is 32.3 Å². The third-order valence-corrected chi connectivity index (χ3v) is 6.88. The summed E-state index contributed by atoms with van der Waals surface area (Å²) in [7, 11) is 3.15. The fourth-order valence-electron chi connectivity index (χ4n) is 4.01. The number of benzene rings is 4. The van der Waals surface area contributed by atoms with Crippen molar-refractivity contribution in [3.8, 4) is 22.9 Å². The summed E-state index contributed by atoms with van der Waals surface area (Å²) in [6, 6.07) is 25.7. The summed E-state index contributed by atoms with van der Waals surface area (Å²) in [6.07, 6.45) is 0. The second-order valence-electron chi connectivity index (χ2n) is 8.30. The van der Waals surface area contributed by atoms with Gasteiger partial charge in [-0.15, -0.1) is 0 Å². The molecule has 1 amide bonds. The maximum atomic E-state index is 12.9. The molecule has 1 aromatic heterocycles. The number of ether oxygens (including phenoxy) is 2. The van der Waals surface area contributed by atoms with Crippen LogP contribution in [-0.2, 0) is 4.79 Å². The number of thioether (sulfide) groups is 1. The Morgan fingerprint density at radius 2 is 1.69 bits per heavy atom. The molecule has 0 aliphatic rings. The SMILES string of the molecule is COc1ccc(OC)c(NC(=O)CSc2nc(-c3ccc(C)cc3)nc3c2ccc2ccccc23)c1. The van der Waals surface area contributed by atoms with Crippen LogP contribution in [-0.4, -0.2) is 35.8 Å². The van der Waals surface area contributed by atoms with Crippen LogP contribution in [0.5, 0.6) is 11.5 Å². The maximum Gasteiger partial charge on any atom is 0.234 e. The van der Waals surface area contributed by atoms with E-state index in [4.69, 9.17) is 19.4 Å². The minimum Gasteiger partial charge on any atom is -0.497 e. The fraction of sp³-hybridized carbons (Fsp3) is 0.138. The van der Waals surface area contributed by atoms with Crippen LogP contribution < -0.4 is 14.8 Å². The molecule has 36 heavy (non-hydrogen) atoms. The van der Waals surface area contributed by atoms with Gasteiger partial charge in [-0.3, -0.25) is 4.79 Å². The Morgan fingerprint density at radius 1 is 0.889 bits per heavy atom. The number of hydrogen-bond donors (Lipinski definition) is 1. The number of carbonyl (C=O) groups excluding carboxylic acids is 1. The molecule has 0 spiro atoms. The zero-order valence-corrected chi connectivity index (χ0v) is 21.1. The van der Waals surface area contributed by atoms with Crippen LogP contribution in [0, 0.1) is 6.92 Å². The number of amides is 1. The van der Waals surface area contributed by atoms with E-state index >= 15 is 0 Å². The Hall–Kier alpha value is -4.10. The van der Waals surface area contributed by atoms with Gasteiger partial charge >= 0.3 is 0 Å². The van der Waals surface area contributed by atoms with E-state index in [2.05, 4.69) is 30.4 Å². The maximum absolute atomic E-state index is 12.9. The molecule has 0 saturated carbocycles. The molecule has 0 aliphatic heterocycles. The number of rotatable bonds is 7. The topological polar surface area (TPSA) is 73.3 Å². The van der Waals surface area contributed by atoms with Gasteiger partial charge in [0, 0.05) is 22.4 Å². The van der Waals surface area contributed by atoms with Crippen LogP contribution in [0.15, 0.2) is 83.9 Å². The third kappa shape index (κ3) is 4.83. The van der Waals surface area contributed by atoms with E-state index in [-0.39, 0.29) is 11.7 Å². The van der Waals surface area contributed by atoms with E-state index < -0.39 is 0 Å². The number of carbonyl (C=O) groups is 1. The zero-order valence-electron chi connectivity index (χ0n) is 20.2. The number of aromatic nitrogens is 2. The number of methoxy groups -OCH3 is 2. The minimum absolute atomic E-state index is 0.170. The first-order chi connectivity index (χ1) is 17.6. The molecule has 0 aliphatic carbocycles. The van der Waals surface area contributed by atoms with Gasteiger partial charge in [0.1, 0.15) is 16.5 Å². The lowest BCUT2D eigenvalue weighted by molar-refractivity contribution is -0.113. The van der Waals surface area contributed by atoms with Gasteiger partial charge in [0.25, 0.3) is 0 Å². The fourth-order valence-corrected chi connectivity index (χ4v) is 4.82. The molecule has 6 nitrogen and oxygen atoms in total. The lowest BCUT2D eigenvalue weighted by Gasteiger charge is -2.13. The first-order valence-corrected chi connectivity index (χ1v) is 12.5. The molecule has 0 bridgehead atoms. The summed E-state index contributed by atoms with van der Waals surface area (Å²) >= 11 is 1.39. The van der Waals surface area contributed by atoms with Gasteiger partial charge in [-0.05, 0) is 30.5 Å². The van der Waals surface area contributed by atoms with Gasteiger partial charge in [-0.25, -0.2) is 9.97 Å². The number of nitrogens with one attached hydrogen (secondary N) is 1. The van der Waals surface area contributed by atoms with Crippen molar-refractivity contribution < 1.29 is 14.3 Å². The van der Waals surface area contributed by atoms with Gasteiger partial charge < -0.3 is 14.8 Å². The third-order valence-electron chi connectivity index (χ3n) is 5.89. The summed E-state index contributed by atoms with van der Waals surface area (Å²) in [5, 5.41) is 6.77. The van der Waals surface area contributed by atoms with Crippen molar-refractivity contribution in [2.75, 3.05) is 25.3 Å². The van der Waals surface area contributed by atoms with Crippen LogP contribution in [0.25, 0.3) is 33.1 Å². The van der Waals surface area contributed by atoms with Crippen molar-refractivity contribution >= 4 is 45.0 Å². The number of aryl methyl sites for hydroxylation is 1. The highest BCUT2D eigenvalue weighted by Gasteiger charge is 2.15. The average Bonchev–Trinajstić information content (AvgIpc) is 2.91. The second kappa shape index (κ2) is 10.3. The number of nitrogens with zero attached hydrogens (tertiary/aromatic N) is 2. The molecule has 0 fully saturated rings. The Balaban J connectivity index is 1.50. The molecule has 0 radical (unpaired) electrons. The standard InChI is InChI=1S/C29H25N3O3S/c1-18-8-10-20(11-9-18)28-31-27-22-7-5-4-6-19(22)12-14-23(27)29(32-28)36-17-26(33)30-24-16-21(34-2)13-15-25(24)35-3/h4-16H,17H2,1-3H3,(H,30,33). The molecule has 4 aromatic carbocycles. The van der Waals surface area contributed by atoms with E-state index in [1.807, 2.05) is 42.5 Å². The Kier molecular flexibility index (Phi) is 6.73. The summed E-state index contributed by atoms with van der Waals surface area (Å²) in [5.74, 6) is 1.84. The molecule has 0 atom stereocenters. The van der Waals surface area contributed by atoms with E-state index in [1.165, 1.54) is 17.3 Å². The van der Waals surface area contributed by atoms with E-state index in [0.29, 0.717) is 23.0 Å². The summed E-state index contributed by atoms with van der Waals surface area (Å²) < 4.78 is 10.7. The van der Waals surface area contributed by atoms with Crippen molar-refractivity contribution in [2.45, 2.75) is 11.9 Å². The zero-order chi connectivity index (χ0) is 25.1. The highest BCUT2D eigenvalue weighted by Crippen LogP contribution is 2.33. The Morgan fingerprint density at radius 3 is 2.47 bits per heavy atom. The lowest BCUT2D eigenvalue weighted by Crippen LogP contribution is -2.15. The normalized spacial score (nSPS) is 11.0. The van der Waals surface area contributed by atoms with Crippen molar-refractivity contribution in [1.82, 2.24) is 9.97 Å². The van der Waals surface area contributed by atoms with Crippen LogP contribution in [0.4, 0.5) is 5.69 Å². The first kappa shape index (κ1) is 23.6. The van der Waals surface area contributed by atoms with Crippen LogP contribution in [0.2, 0.25) is 0 Å². The smallest absolute Gasteiger partial charge is 0.234 e. The molecular formula is C29H25N3O3S.